The fourth-order valence-corrected chi connectivity index (χ4v) is 2.94. The Morgan fingerprint density at radius 3 is 2.38 bits per heavy atom. The molecule has 29 heavy (non-hydrogen) atoms. The normalized spacial score (nSPS) is 10.6. The average Bonchev–Trinajstić information content (AvgIpc) is 3.01. The van der Waals surface area contributed by atoms with Crippen molar-refractivity contribution in [2.24, 2.45) is 0 Å². The molecule has 7 nitrogen and oxygen atoms in total. The van der Waals surface area contributed by atoms with Crippen molar-refractivity contribution in [2.75, 3.05) is 19.0 Å². The molecule has 0 radical (unpaired) electrons. The molecule has 0 atom stereocenters. The first-order valence-corrected chi connectivity index (χ1v) is 9.16. The lowest BCUT2D eigenvalue weighted by Crippen LogP contribution is -2.21. The van der Waals surface area contributed by atoms with Gasteiger partial charge in [-0.05, 0) is 43.7 Å². The van der Waals surface area contributed by atoms with E-state index in [1.54, 1.807) is 36.1 Å². The molecule has 0 unspecified atom stereocenters. The lowest BCUT2D eigenvalue weighted by atomic mass is 10.1. The standard InChI is InChI=1S/C22H23N3O4/c1-15-21(16(2)25(24-15)19-7-5-4-6-8-19)23-20(26)14-29-22(27)18-11-9-17(10-12-18)13-28-3/h4-12H,13-14H2,1-3H3,(H,23,26). The highest BCUT2D eigenvalue weighted by atomic mass is 16.5. The number of esters is 1. The predicted molar refractivity (Wildman–Crippen MR) is 109 cm³/mol. The Kier molecular flexibility index (Phi) is 6.41. The number of nitrogens with zero attached hydrogens (tertiary/aromatic N) is 2. The number of aryl methyl sites for hydroxylation is 1. The Morgan fingerprint density at radius 1 is 1.03 bits per heavy atom. The summed E-state index contributed by atoms with van der Waals surface area (Å²) in [5.74, 6) is -0.981. The topological polar surface area (TPSA) is 82.4 Å². The Morgan fingerprint density at radius 2 is 1.72 bits per heavy atom. The number of hydrogen-bond donors (Lipinski definition) is 1. The van der Waals surface area contributed by atoms with Crippen molar-refractivity contribution < 1.29 is 19.1 Å². The zero-order chi connectivity index (χ0) is 20.8. The van der Waals surface area contributed by atoms with Crippen LogP contribution in [0.1, 0.15) is 27.3 Å². The molecule has 0 aliphatic rings. The predicted octanol–water partition coefficient (Wildman–Crippen LogP) is 3.43. The van der Waals surface area contributed by atoms with Crippen molar-refractivity contribution in [3.8, 4) is 5.69 Å². The number of para-hydroxylation sites is 1. The number of rotatable bonds is 7. The smallest absolute Gasteiger partial charge is 0.338 e. The van der Waals surface area contributed by atoms with Crippen molar-refractivity contribution >= 4 is 17.6 Å². The van der Waals surface area contributed by atoms with E-state index in [9.17, 15) is 9.59 Å². The van der Waals surface area contributed by atoms with Crippen LogP contribution in [0, 0.1) is 13.8 Å². The van der Waals surface area contributed by atoms with E-state index in [1.165, 1.54) is 0 Å². The Hall–Kier alpha value is -3.45. The van der Waals surface area contributed by atoms with E-state index in [4.69, 9.17) is 9.47 Å². The maximum absolute atomic E-state index is 12.3. The molecule has 2 aromatic carbocycles. The van der Waals surface area contributed by atoms with Gasteiger partial charge in [-0.1, -0.05) is 30.3 Å². The van der Waals surface area contributed by atoms with Crippen molar-refractivity contribution in [3.63, 3.8) is 0 Å². The molecule has 150 valence electrons. The van der Waals surface area contributed by atoms with Gasteiger partial charge in [0.05, 0.1) is 34.9 Å². The number of hydrogen-bond acceptors (Lipinski definition) is 5. The summed E-state index contributed by atoms with van der Waals surface area (Å²) in [6.45, 7) is 3.77. The van der Waals surface area contributed by atoms with E-state index in [-0.39, 0.29) is 6.61 Å². The van der Waals surface area contributed by atoms with Crippen molar-refractivity contribution in [2.45, 2.75) is 20.5 Å². The summed E-state index contributed by atoms with van der Waals surface area (Å²) < 4.78 is 11.9. The van der Waals surface area contributed by atoms with Crippen molar-refractivity contribution in [1.29, 1.82) is 0 Å². The van der Waals surface area contributed by atoms with Crippen LogP contribution in [0.5, 0.6) is 0 Å². The van der Waals surface area contributed by atoms with Crippen molar-refractivity contribution in [3.05, 3.63) is 77.1 Å². The first-order valence-electron chi connectivity index (χ1n) is 9.16. The van der Waals surface area contributed by atoms with E-state index < -0.39 is 11.9 Å². The maximum Gasteiger partial charge on any atom is 0.338 e. The molecule has 1 N–H and O–H groups in total. The van der Waals surface area contributed by atoms with Gasteiger partial charge < -0.3 is 14.8 Å². The second kappa shape index (κ2) is 9.16. The minimum atomic E-state index is -0.558. The molecule has 3 rings (SSSR count). The van der Waals surface area contributed by atoms with Gasteiger partial charge in [0.15, 0.2) is 6.61 Å². The van der Waals surface area contributed by atoms with Gasteiger partial charge in [0.2, 0.25) is 0 Å². The van der Waals surface area contributed by atoms with Crippen LogP contribution in [0.2, 0.25) is 0 Å². The summed E-state index contributed by atoms with van der Waals surface area (Å²) in [5.41, 5.74) is 4.31. The van der Waals surface area contributed by atoms with E-state index in [1.807, 2.05) is 44.2 Å². The van der Waals surface area contributed by atoms with Crippen LogP contribution in [-0.4, -0.2) is 35.4 Å². The number of amides is 1. The Bertz CT molecular complexity index is 995. The summed E-state index contributed by atoms with van der Waals surface area (Å²) in [4.78, 5) is 24.4. The molecule has 0 saturated carbocycles. The highest BCUT2D eigenvalue weighted by Gasteiger charge is 2.16. The second-order valence-corrected chi connectivity index (χ2v) is 6.55. The molecule has 1 heterocycles. The molecule has 0 aliphatic carbocycles. The molecule has 0 bridgehead atoms. The van der Waals surface area contributed by atoms with Gasteiger partial charge in [0.1, 0.15) is 0 Å². The molecule has 0 saturated heterocycles. The Labute approximate surface area is 169 Å². The summed E-state index contributed by atoms with van der Waals surface area (Å²) in [7, 11) is 1.60. The number of anilines is 1. The number of ether oxygens (including phenoxy) is 2. The van der Waals surface area contributed by atoms with Crippen LogP contribution in [0.3, 0.4) is 0 Å². The van der Waals surface area contributed by atoms with Gasteiger partial charge >= 0.3 is 5.97 Å². The van der Waals surface area contributed by atoms with E-state index in [2.05, 4.69) is 10.4 Å². The van der Waals surface area contributed by atoms with E-state index >= 15 is 0 Å². The summed E-state index contributed by atoms with van der Waals surface area (Å²) in [6.07, 6.45) is 0. The van der Waals surface area contributed by atoms with Crippen LogP contribution >= 0.6 is 0 Å². The molecular weight excluding hydrogens is 370 g/mol. The van der Waals surface area contributed by atoms with Gasteiger partial charge in [-0.2, -0.15) is 5.10 Å². The van der Waals surface area contributed by atoms with Crippen LogP contribution in [0.4, 0.5) is 5.69 Å². The largest absolute Gasteiger partial charge is 0.452 e. The number of benzene rings is 2. The highest BCUT2D eigenvalue weighted by Crippen LogP contribution is 2.22. The molecular formula is C22H23N3O4. The lowest BCUT2D eigenvalue weighted by Gasteiger charge is -2.08. The van der Waals surface area contributed by atoms with Gasteiger partial charge in [0.25, 0.3) is 5.91 Å². The first kappa shape index (κ1) is 20.3. The highest BCUT2D eigenvalue weighted by molar-refractivity contribution is 5.96. The summed E-state index contributed by atoms with van der Waals surface area (Å²) >= 11 is 0. The fourth-order valence-electron chi connectivity index (χ4n) is 2.94. The Balaban J connectivity index is 1.61. The lowest BCUT2D eigenvalue weighted by molar-refractivity contribution is -0.119. The third kappa shape index (κ3) is 4.89. The average molecular weight is 393 g/mol. The van der Waals surface area contributed by atoms with Crippen LogP contribution in [0.15, 0.2) is 54.6 Å². The zero-order valence-electron chi connectivity index (χ0n) is 16.6. The molecule has 0 aliphatic heterocycles. The third-order valence-electron chi connectivity index (χ3n) is 4.39. The van der Waals surface area contributed by atoms with Crippen LogP contribution < -0.4 is 5.32 Å². The number of carbonyl (C=O) groups is 2. The number of aromatic nitrogens is 2. The fraction of sp³-hybridized carbons (Fsp3) is 0.227. The molecule has 0 spiro atoms. The number of carbonyl (C=O) groups excluding carboxylic acids is 2. The third-order valence-corrected chi connectivity index (χ3v) is 4.39. The van der Waals surface area contributed by atoms with Crippen molar-refractivity contribution in [1.82, 2.24) is 9.78 Å². The monoisotopic (exact) mass is 393 g/mol. The quantitative estimate of drug-likeness (QED) is 0.622. The first-order chi connectivity index (χ1) is 14.0. The van der Waals surface area contributed by atoms with Crippen LogP contribution in [0.25, 0.3) is 5.69 Å². The molecule has 3 aromatic rings. The second-order valence-electron chi connectivity index (χ2n) is 6.55. The summed E-state index contributed by atoms with van der Waals surface area (Å²) in [5, 5.41) is 7.27. The maximum atomic E-state index is 12.3. The van der Waals surface area contributed by atoms with Gasteiger partial charge in [-0.25, -0.2) is 9.48 Å². The van der Waals surface area contributed by atoms with E-state index in [0.717, 1.165) is 16.9 Å². The van der Waals surface area contributed by atoms with Crippen LogP contribution in [-0.2, 0) is 20.9 Å². The number of methoxy groups -OCH3 is 1. The summed E-state index contributed by atoms with van der Waals surface area (Å²) in [6, 6.07) is 16.5. The molecule has 0 fully saturated rings. The van der Waals surface area contributed by atoms with E-state index in [0.29, 0.717) is 23.6 Å². The molecule has 1 aromatic heterocycles. The molecule has 1 amide bonds. The minimum Gasteiger partial charge on any atom is -0.452 e. The zero-order valence-corrected chi connectivity index (χ0v) is 16.6. The SMILES string of the molecule is COCc1ccc(C(=O)OCC(=O)Nc2c(C)nn(-c3ccccc3)c2C)cc1. The van der Waals surface area contributed by atoms with Gasteiger partial charge in [0, 0.05) is 7.11 Å². The van der Waals surface area contributed by atoms with Gasteiger partial charge in [-0.15, -0.1) is 0 Å². The minimum absolute atomic E-state index is 0.377. The van der Waals surface area contributed by atoms with Gasteiger partial charge in [-0.3, -0.25) is 4.79 Å². The number of nitrogens with one attached hydrogen (secondary N) is 1. The molecule has 7 heteroatoms.